The van der Waals surface area contributed by atoms with Gasteiger partial charge in [0.1, 0.15) is 0 Å². The van der Waals surface area contributed by atoms with Gasteiger partial charge in [0, 0.05) is 37.8 Å². The zero-order chi connectivity index (χ0) is 10.4. The average molecular weight is 215 g/mol. The number of hydrogen-bond acceptors (Lipinski definition) is 2. The summed E-state index contributed by atoms with van der Waals surface area (Å²) < 4.78 is 1.70. The maximum atomic E-state index is 11.3. The van der Waals surface area contributed by atoms with Crippen LogP contribution in [0.1, 0.15) is 0 Å². The van der Waals surface area contributed by atoms with Crippen molar-refractivity contribution in [3.63, 3.8) is 0 Å². The van der Waals surface area contributed by atoms with Gasteiger partial charge in [-0.05, 0) is 13.1 Å². The van der Waals surface area contributed by atoms with E-state index in [9.17, 15) is 4.79 Å². The summed E-state index contributed by atoms with van der Waals surface area (Å²) in [5, 5.41) is 0. The molecule has 0 atom stereocenters. The molecule has 3 nitrogen and oxygen atoms in total. The highest BCUT2D eigenvalue weighted by Gasteiger charge is 1.98. The lowest BCUT2D eigenvalue weighted by Gasteiger charge is -2.15. The summed E-state index contributed by atoms with van der Waals surface area (Å²) in [7, 11) is 2.00. The topological polar surface area (TPSA) is 25.2 Å². The molecule has 1 rings (SSSR count). The zero-order valence-corrected chi connectivity index (χ0v) is 9.07. The van der Waals surface area contributed by atoms with Crippen LogP contribution < -0.4 is 5.56 Å². The molecule has 1 aromatic rings. The van der Waals surface area contributed by atoms with E-state index in [1.54, 1.807) is 22.9 Å². The van der Waals surface area contributed by atoms with Crippen LogP contribution in [0.4, 0.5) is 0 Å². The number of alkyl halides is 1. The van der Waals surface area contributed by atoms with Gasteiger partial charge in [-0.2, -0.15) is 0 Å². The van der Waals surface area contributed by atoms with Crippen molar-refractivity contribution in [3.05, 3.63) is 34.7 Å². The first-order valence-electron chi connectivity index (χ1n) is 4.64. The third kappa shape index (κ3) is 3.52. The molecule has 1 heterocycles. The summed E-state index contributed by atoms with van der Waals surface area (Å²) in [4.78, 5) is 13.4. The van der Waals surface area contributed by atoms with Crippen molar-refractivity contribution in [2.45, 2.75) is 6.54 Å². The van der Waals surface area contributed by atoms with E-state index in [0.717, 1.165) is 13.1 Å². The number of nitrogens with zero attached hydrogens (tertiary/aromatic N) is 2. The van der Waals surface area contributed by atoms with Gasteiger partial charge in [0.2, 0.25) is 0 Å². The van der Waals surface area contributed by atoms with Crippen LogP contribution in [0, 0.1) is 0 Å². The van der Waals surface area contributed by atoms with Crippen LogP contribution >= 0.6 is 11.6 Å². The van der Waals surface area contributed by atoms with Crippen LogP contribution in [0.3, 0.4) is 0 Å². The molecule has 0 aromatic carbocycles. The van der Waals surface area contributed by atoms with Crippen LogP contribution in [-0.4, -0.2) is 35.5 Å². The number of halogens is 1. The minimum absolute atomic E-state index is 0.0479. The Morgan fingerprint density at radius 3 is 2.86 bits per heavy atom. The molecule has 1 aromatic heterocycles. The molecule has 14 heavy (non-hydrogen) atoms. The van der Waals surface area contributed by atoms with Crippen molar-refractivity contribution in [2.75, 3.05) is 26.0 Å². The zero-order valence-electron chi connectivity index (χ0n) is 8.32. The monoisotopic (exact) mass is 214 g/mol. The predicted molar refractivity (Wildman–Crippen MR) is 58.9 cm³/mol. The third-order valence-electron chi connectivity index (χ3n) is 2.09. The van der Waals surface area contributed by atoms with Crippen molar-refractivity contribution < 1.29 is 0 Å². The highest BCUT2D eigenvalue weighted by Crippen LogP contribution is 1.88. The van der Waals surface area contributed by atoms with Crippen LogP contribution in [0.2, 0.25) is 0 Å². The van der Waals surface area contributed by atoms with Gasteiger partial charge in [-0.15, -0.1) is 11.6 Å². The molecule has 4 heteroatoms. The molecular formula is C10H15ClN2O. The minimum Gasteiger partial charge on any atom is -0.314 e. The fourth-order valence-electron chi connectivity index (χ4n) is 1.18. The second-order valence-corrected chi connectivity index (χ2v) is 3.60. The molecule has 0 saturated carbocycles. The van der Waals surface area contributed by atoms with E-state index in [4.69, 9.17) is 11.6 Å². The Morgan fingerprint density at radius 2 is 2.21 bits per heavy atom. The van der Waals surface area contributed by atoms with E-state index in [2.05, 4.69) is 4.90 Å². The first-order chi connectivity index (χ1) is 6.74. The summed E-state index contributed by atoms with van der Waals surface area (Å²) >= 11 is 5.60. The van der Waals surface area contributed by atoms with E-state index in [1.165, 1.54) is 0 Å². The molecule has 0 bridgehead atoms. The lowest BCUT2D eigenvalue weighted by molar-refractivity contribution is 0.335. The first-order valence-corrected chi connectivity index (χ1v) is 5.17. The summed E-state index contributed by atoms with van der Waals surface area (Å²) in [6.45, 7) is 2.41. The van der Waals surface area contributed by atoms with Gasteiger partial charge in [-0.1, -0.05) is 6.07 Å². The lowest BCUT2D eigenvalue weighted by atomic mass is 10.4. The second kappa shape index (κ2) is 5.83. The van der Waals surface area contributed by atoms with E-state index in [1.807, 2.05) is 13.1 Å². The Labute approximate surface area is 88.9 Å². The molecule has 0 aliphatic rings. The molecule has 0 aliphatic heterocycles. The van der Waals surface area contributed by atoms with Gasteiger partial charge in [-0.25, -0.2) is 0 Å². The molecular weight excluding hydrogens is 200 g/mol. The number of likely N-dealkylation sites (N-methyl/N-ethyl adjacent to an activating group) is 1. The largest absolute Gasteiger partial charge is 0.314 e. The summed E-state index contributed by atoms with van der Waals surface area (Å²) in [6.07, 6.45) is 1.80. The van der Waals surface area contributed by atoms with Gasteiger partial charge < -0.3 is 9.47 Å². The van der Waals surface area contributed by atoms with E-state index >= 15 is 0 Å². The van der Waals surface area contributed by atoms with Gasteiger partial charge in [0.25, 0.3) is 5.56 Å². The Morgan fingerprint density at radius 1 is 1.43 bits per heavy atom. The van der Waals surface area contributed by atoms with Gasteiger partial charge in [0.05, 0.1) is 0 Å². The quantitative estimate of drug-likeness (QED) is 0.684. The number of aromatic nitrogens is 1. The normalized spacial score (nSPS) is 10.8. The van der Waals surface area contributed by atoms with Crippen LogP contribution in [0.25, 0.3) is 0 Å². The van der Waals surface area contributed by atoms with Crippen LogP contribution in [0.5, 0.6) is 0 Å². The minimum atomic E-state index is 0.0479. The Kier molecular flexibility index (Phi) is 4.70. The molecule has 0 N–H and O–H groups in total. The molecule has 78 valence electrons. The SMILES string of the molecule is CN(CCCl)CCn1ccccc1=O. The molecule has 0 unspecified atom stereocenters. The van der Waals surface area contributed by atoms with Gasteiger partial charge >= 0.3 is 0 Å². The van der Waals surface area contributed by atoms with Crippen LogP contribution in [-0.2, 0) is 6.54 Å². The summed E-state index contributed by atoms with van der Waals surface area (Å²) in [5.41, 5.74) is 0.0479. The molecule has 0 spiro atoms. The second-order valence-electron chi connectivity index (χ2n) is 3.22. The number of rotatable bonds is 5. The average Bonchev–Trinajstić information content (AvgIpc) is 2.17. The molecule has 0 fully saturated rings. The van der Waals surface area contributed by atoms with Crippen molar-refractivity contribution >= 4 is 11.6 Å². The Hall–Kier alpha value is -0.800. The third-order valence-corrected chi connectivity index (χ3v) is 2.26. The molecule has 0 aliphatic carbocycles. The van der Waals surface area contributed by atoms with Crippen LogP contribution in [0.15, 0.2) is 29.2 Å². The highest BCUT2D eigenvalue weighted by atomic mass is 35.5. The smallest absolute Gasteiger partial charge is 0.250 e. The molecule has 0 amide bonds. The maximum absolute atomic E-state index is 11.3. The van der Waals surface area contributed by atoms with Crippen molar-refractivity contribution in [1.82, 2.24) is 9.47 Å². The molecule has 0 radical (unpaired) electrons. The Balaban J connectivity index is 2.46. The Bertz CT molecular complexity index is 324. The maximum Gasteiger partial charge on any atom is 0.250 e. The van der Waals surface area contributed by atoms with Crippen molar-refractivity contribution in [3.8, 4) is 0 Å². The fraction of sp³-hybridized carbons (Fsp3) is 0.500. The highest BCUT2D eigenvalue weighted by molar-refractivity contribution is 6.18. The standard InChI is InChI=1S/C10H15ClN2O/c1-12(7-5-11)8-9-13-6-3-2-4-10(13)14/h2-4,6H,5,7-9H2,1H3. The van der Waals surface area contributed by atoms with Crippen molar-refractivity contribution in [2.24, 2.45) is 0 Å². The van der Waals surface area contributed by atoms with Gasteiger partial charge in [-0.3, -0.25) is 4.79 Å². The summed E-state index contributed by atoms with van der Waals surface area (Å²) in [6, 6.07) is 5.19. The number of pyridine rings is 1. The van der Waals surface area contributed by atoms with E-state index in [0.29, 0.717) is 12.4 Å². The number of hydrogen-bond donors (Lipinski definition) is 0. The summed E-state index contributed by atoms with van der Waals surface area (Å²) in [5.74, 6) is 0.625. The fourth-order valence-corrected chi connectivity index (χ4v) is 1.47. The first kappa shape index (κ1) is 11.3. The van der Waals surface area contributed by atoms with Crippen molar-refractivity contribution in [1.29, 1.82) is 0 Å². The van der Waals surface area contributed by atoms with Gasteiger partial charge in [0.15, 0.2) is 0 Å². The van der Waals surface area contributed by atoms with E-state index in [-0.39, 0.29) is 5.56 Å². The molecule has 0 saturated heterocycles. The predicted octanol–water partition coefficient (Wildman–Crippen LogP) is 1.02. The van der Waals surface area contributed by atoms with E-state index < -0.39 is 0 Å². The lowest BCUT2D eigenvalue weighted by Crippen LogP contribution is -2.28.